The van der Waals surface area contributed by atoms with E-state index in [-0.39, 0.29) is 6.04 Å². The molecule has 100 valence electrons. The molecule has 2 rings (SSSR count). The second kappa shape index (κ2) is 5.85. The second-order valence-corrected chi connectivity index (χ2v) is 6.05. The smallest absolute Gasteiger partial charge is 0.0455 e. The standard InChI is InChI=1S/C16H26N2/c1-12(2)16(18(3)11-13-9-10-13)15(17)14-7-5-4-6-8-14/h4-8,12-13,15-16H,9-11,17H2,1-3H3. The lowest BCUT2D eigenvalue weighted by atomic mass is 9.90. The summed E-state index contributed by atoms with van der Waals surface area (Å²) < 4.78 is 0. The van der Waals surface area contributed by atoms with Gasteiger partial charge in [-0.05, 0) is 37.3 Å². The summed E-state index contributed by atoms with van der Waals surface area (Å²) in [5, 5.41) is 0. The van der Waals surface area contributed by atoms with Gasteiger partial charge in [0.1, 0.15) is 0 Å². The van der Waals surface area contributed by atoms with Crippen LogP contribution in [0.5, 0.6) is 0 Å². The molecule has 18 heavy (non-hydrogen) atoms. The minimum atomic E-state index is 0.106. The van der Waals surface area contributed by atoms with Crippen LogP contribution >= 0.6 is 0 Å². The molecular formula is C16H26N2. The van der Waals surface area contributed by atoms with Gasteiger partial charge in [0.2, 0.25) is 0 Å². The van der Waals surface area contributed by atoms with Crippen molar-refractivity contribution in [3.05, 3.63) is 35.9 Å². The average molecular weight is 246 g/mol. The van der Waals surface area contributed by atoms with Crippen molar-refractivity contribution in [3.8, 4) is 0 Å². The van der Waals surface area contributed by atoms with Gasteiger partial charge >= 0.3 is 0 Å². The molecule has 2 unspecified atom stereocenters. The van der Waals surface area contributed by atoms with E-state index in [9.17, 15) is 0 Å². The Morgan fingerprint density at radius 1 is 1.22 bits per heavy atom. The maximum absolute atomic E-state index is 6.50. The highest BCUT2D eigenvalue weighted by atomic mass is 15.2. The van der Waals surface area contributed by atoms with Crippen LogP contribution in [0.15, 0.2) is 30.3 Å². The Hall–Kier alpha value is -0.860. The van der Waals surface area contributed by atoms with Gasteiger partial charge in [0.25, 0.3) is 0 Å². The third kappa shape index (κ3) is 3.33. The summed E-state index contributed by atoms with van der Waals surface area (Å²) in [5.41, 5.74) is 7.74. The number of benzene rings is 1. The highest BCUT2D eigenvalue weighted by Gasteiger charge is 2.31. The van der Waals surface area contributed by atoms with Crippen molar-refractivity contribution in [2.45, 2.75) is 38.8 Å². The first-order valence-electron chi connectivity index (χ1n) is 7.10. The lowest BCUT2D eigenvalue weighted by molar-refractivity contribution is 0.157. The molecular weight excluding hydrogens is 220 g/mol. The van der Waals surface area contributed by atoms with Crippen molar-refractivity contribution in [3.63, 3.8) is 0 Å². The first-order valence-corrected chi connectivity index (χ1v) is 7.10. The summed E-state index contributed by atoms with van der Waals surface area (Å²) in [4.78, 5) is 2.47. The molecule has 2 atom stereocenters. The van der Waals surface area contributed by atoms with Crippen molar-refractivity contribution in [2.24, 2.45) is 17.6 Å². The molecule has 0 radical (unpaired) electrons. The quantitative estimate of drug-likeness (QED) is 0.836. The molecule has 1 aliphatic carbocycles. The molecule has 1 fully saturated rings. The van der Waals surface area contributed by atoms with Gasteiger partial charge in [0, 0.05) is 18.6 Å². The normalized spacial score (nSPS) is 19.2. The van der Waals surface area contributed by atoms with E-state index >= 15 is 0 Å². The zero-order chi connectivity index (χ0) is 13.1. The zero-order valence-corrected chi connectivity index (χ0v) is 11.8. The molecule has 0 saturated heterocycles. The van der Waals surface area contributed by atoms with Gasteiger partial charge in [-0.25, -0.2) is 0 Å². The van der Waals surface area contributed by atoms with Crippen molar-refractivity contribution < 1.29 is 0 Å². The SMILES string of the molecule is CC(C)C(C(N)c1ccccc1)N(C)CC1CC1. The van der Waals surface area contributed by atoms with Crippen LogP contribution in [0.4, 0.5) is 0 Å². The first kappa shape index (κ1) is 13.6. The fourth-order valence-corrected chi connectivity index (χ4v) is 2.90. The molecule has 0 aromatic heterocycles. The molecule has 0 aliphatic heterocycles. The van der Waals surface area contributed by atoms with E-state index in [0.717, 1.165) is 5.92 Å². The molecule has 1 aromatic carbocycles. The Bertz CT molecular complexity index is 357. The molecule has 0 spiro atoms. The Morgan fingerprint density at radius 3 is 2.33 bits per heavy atom. The average Bonchev–Trinajstić information content (AvgIpc) is 3.13. The molecule has 2 N–H and O–H groups in total. The van der Waals surface area contributed by atoms with Crippen molar-refractivity contribution in [2.75, 3.05) is 13.6 Å². The highest BCUT2D eigenvalue weighted by molar-refractivity contribution is 5.20. The van der Waals surface area contributed by atoms with E-state index in [2.05, 4.69) is 56.1 Å². The Balaban J connectivity index is 2.08. The van der Waals surface area contributed by atoms with Crippen molar-refractivity contribution >= 4 is 0 Å². The molecule has 0 heterocycles. The predicted molar refractivity (Wildman–Crippen MR) is 77.4 cm³/mol. The lowest BCUT2D eigenvalue weighted by Crippen LogP contribution is -2.44. The maximum atomic E-state index is 6.50. The van der Waals surface area contributed by atoms with Gasteiger partial charge in [0.15, 0.2) is 0 Å². The molecule has 0 bridgehead atoms. The molecule has 0 amide bonds. The van der Waals surface area contributed by atoms with Crippen LogP contribution < -0.4 is 5.73 Å². The molecule has 2 heteroatoms. The van der Waals surface area contributed by atoms with Gasteiger partial charge in [0.05, 0.1) is 0 Å². The first-order chi connectivity index (χ1) is 8.59. The van der Waals surface area contributed by atoms with Crippen molar-refractivity contribution in [1.82, 2.24) is 4.90 Å². The number of nitrogens with two attached hydrogens (primary N) is 1. The Labute approximate surface area is 111 Å². The third-order valence-corrected chi connectivity index (χ3v) is 3.99. The Morgan fingerprint density at radius 2 is 1.83 bits per heavy atom. The maximum Gasteiger partial charge on any atom is 0.0455 e. The van der Waals surface area contributed by atoms with Gasteiger partial charge in [-0.15, -0.1) is 0 Å². The van der Waals surface area contributed by atoms with Crippen LogP contribution in [0.2, 0.25) is 0 Å². The van der Waals surface area contributed by atoms with E-state index in [1.165, 1.54) is 24.9 Å². The number of rotatable bonds is 6. The van der Waals surface area contributed by atoms with E-state index in [4.69, 9.17) is 5.73 Å². The fraction of sp³-hybridized carbons (Fsp3) is 0.625. The van der Waals surface area contributed by atoms with Gasteiger partial charge in [-0.3, -0.25) is 0 Å². The van der Waals surface area contributed by atoms with Crippen LogP contribution in [-0.2, 0) is 0 Å². The van der Waals surface area contributed by atoms with Crippen LogP contribution in [0.1, 0.15) is 38.3 Å². The fourth-order valence-electron chi connectivity index (χ4n) is 2.90. The molecule has 2 nitrogen and oxygen atoms in total. The minimum Gasteiger partial charge on any atom is -0.323 e. The van der Waals surface area contributed by atoms with E-state index < -0.39 is 0 Å². The van der Waals surface area contributed by atoms with Crippen LogP contribution in [-0.4, -0.2) is 24.5 Å². The van der Waals surface area contributed by atoms with Crippen LogP contribution in [0.25, 0.3) is 0 Å². The topological polar surface area (TPSA) is 29.3 Å². The van der Waals surface area contributed by atoms with Crippen LogP contribution in [0, 0.1) is 11.8 Å². The van der Waals surface area contributed by atoms with Gasteiger partial charge in [-0.1, -0.05) is 44.2 Å². The molecule has 1 aliphatic rings. The second-order valence-electron chi connectivity index (χ2n) is 6.05. The summed E-state index contributed by atoms with van der Waals surface area (Å²) in [6.07, 6.45) is 2.80. The molecule has 1 aromatic rings. The summed E-state index contributed by atoms with van der Waals surface area (Å²) in [7, 11) is 2.23. The van der Waals surface area contributed by atoms with E-state index in [1.807, 2.05) is 0 Å². The third-order valence-electron chi connectivity index (χ3n) is 3.99. The Kier molecular flexibility index (Phi) is 4.41. The summed E-state index contributed by atoms with van der Waals surface area (Å²) >= 11 is 0. The predicted octanol–water partition coefficient (Wildman–Crippen LogP) is 3.05. The van der Waals surface area contributed by atoms with Crippen molar-refractivity contribution in [1.29, 1.82) is 0 Å². The largest absolute Gasteiger partial charge is 0.323 e. The zero-order valence-electron chi connectivity index (χ0n) is 11.8. The summed E-state index contributed by atoms with van der Waals surface area (Å²) in [6, 6.07) is 11.0. The number of nitrogens with zero attached hydrogens (tertiary/aromatic N) is 1. The van der Waals surface area contributed by atoms with Gasteiger partial charge < -0.3 is 10.6 Å². The summed E-state index contributed by atoms with van der Waals surface area (Å²) in [5.74, 6) is 1.49. The number of likely N-dealkylation sites (N-methyl/N-ethyl adjacent to an activating group) is 1. The van der Waals surface area contributed by atoms with Crippen LogP contribution in [0.3, 0.4) is 0 Å². The monoisotopic (exact) mass is 246 g/mol. The van der Waals surface area contributed by atoms with E-state index in [1.54, 1.807) is 0 Å². The van der Waals surface area contributed by atoms with Gasteiger partial charge in [-0.2, -0.15) is 0 Å². The highest BCUT2D eigenvalue weighted by Crippen LogP contribution is 2.32. The number of hydrogen-bond donors (Lipinski definition) is 1. The lowest BCUT2D eigenvalue weighted by Gasteiger charge is -2.36. The summed E-state index contributed by atoms with van der Waals surface area (Å²) in [6.45, 7) is 5.75. The molecule has 1 saturated carbocycles. The number of hydrogen-bond acceptors (Lipinski definition) is 2. The minimum absolute atomic E-state index is 0.106. The van der Waals surface area contributed by atoms with E-state index in [0.29, 0.717) is 12.0 Å².